The third kappa shape index (κ3) is 7.55. The lowest BCUT2D eigenvalue weighted by atomic mass is 9.98. The Hall–Kier alpha value is -3.39. The van der Waals surface area contributed by atoms with Gasteiger partial charge in [0.15, 0.2) is 0 Å². The van der Waals surface area contributed by atoms with E-state index in [9.17, 15) is 14.4 Å². The number of carboxylic acid groups (broad SMARTS) is 1. The third-order valence-electron chi connectivity index (χ3n) is 6.15. The summed E-state index contributed by atoms with van der Waals surface area (Å²) in [5.74, 6) is -1.16. The molecular weight excluding hydrogens is 448 g/mol. The Morgan fingerprint density at radius 2 is 1.51 bits per heavy atom. The molecule has 0 saturated heterocycles. The van der Waals surface area contributed by atoms with Crippen LogP contribution in [-0.4, -0.2) is 56.0 Å². The Kier molecular flexibility index (Phi) is 10.1. The lowest BCUT2D eigenvalue weighted by Crippen LogP contribution is -2.49. The molecule has 0 saturated carbocycles. The molecule has 0 heterocycles. The minimum Gasteiger partial charge on any atom is -0.481 e. The van der Waals surface area contributed by atoms with E-state index in [2.05, 4.69) is 34.9 Å². The van der Waals surface area contributed by atoms with Crippen LogP contribution in [0.3, 0.4) is 0 Å². The Morgan fingerprint density at radius 1 is 0.914 bits per heavy atom. The number of unbranched alkanes of at least 4 members (excludes halogenated alkanes) is 4. The highest BCUT2D eigenvalue weighted by Gasteiger charge is 2.29. The Balaban J connectivity index is 1.43. The Bertz CT molecular complexity index is 963. The molecule has 0 fully saturated rings. The number of hydrogen-bond donors (Lipinski definition) is 3. The first kappa shape index (κ1) is 26.2. The Morgan fingerprint density at radius 3 is 2.14 bits per heavy atom. The minimum atomic E-state index is -0.855. The molecule has 0 aromatic heterocycles. The van der Waals surface area contributed by atoms with Crippen LogP contribution in [0.2, 0.25) is 0 Å². The average molecular weight is 483 g/mol. The molecule has 0 radical (unpaired) electrons. The highest BCUT2D eigenvalue weighted by atomic mass is 16.5. The van der Waals surface area contributed by atoms with Crippen LogP contribution in [0.5, 0.6) is 0 Å². The van der Waals surface area contributed by atoms with Gasteiger partial charge in [0.25, 0.3) is 0 Å². The molecule has 2 aromatic rings. The van der Waals surface area contributed by atoms with E-state index in [0.29, 0.717) is 13.0 Å². The van der Waals surface area contributed by atoms with E-state index in [0.717, 1.165) is 47.9 Å². The molecule has 2 aromatic carbocycles. The number of carbonyl (C=O) groups excluding carboxylic acids is 2. The van der Waals surface area contributed by atoms with Crippen molar-refractivity contribution in [2.24, 2.45) is 0 Å². The molecule has 1 aliphatic rings. The lowest BCUT2D eigenvalue weighted by Gasteiger charge is -2.19. The number of alkyl carbamates (subject to hydrolysis) is 1. The second-order valence-electron chi connectivity index (χ2n) is 8.68. The first-order valence-electron chi connectivity index (χ1n) is 12.1. The number of carbonyl (C=O) groups is 3. The summed E-state index contributed by atoms with van der Waals surface area (Å²) in [7, 11) is 1.47. The van der Waals surface area contributed by atoms with Crippen LogP contribution in [0, 0.1) is 0 Å². The standard InChI is InChI=1S/C27H34N2O6/c1-34-18-24(26(32)28-16-10-4-2-3-5-15-25(30)31)29-27(33)35-17-23-21-13-8-6-11-19(21)20-12-7-9-14-22(20)23/h6-9,11-14,23-24H,2-5,10,15-18H2,1H3,(H,28,32)(H,29,33)(H,30,31)/t24-/m0/s1. The fourth-order valence-corrected chi connectivity index (χ4v) is 4.40. The van der Waals surface area contributed by atoms with Crippen molar-refractivity contribution in [2.45, 2.75) is 50.5 Å². The number of amides is 2. The van der Waals surface area contributed by atoms with Crippen LogP contribution in [0.4, 0.5) is 4.79 Å². The van der Waals surface area contributed by atoms with Crippen molar-refractivity contribution in [2.75, 3.05) is 26.9 Å². The van der Waals surface area contributed by atoms with Crippen molar-refractivity contribution >= 4 is 18.0 Å². The van der Waals surface area contributed by atoms with Crippen molar-refractivity contribution in [1.29, 1.82) is 0 Å². The van der Waals surface area contributed by atoms with E-state index in [4.69, 9.17) is 14.6 Å². The molecule has 2 amide bonds. The maximum atomic E-state index is 12.5. The SMILES string of the molecule is COC[C@H](NC(=O)OCC1c2ccccc2-c2ccccc21)C(=O)NCCCCCCCC(=O)O. The molecule has 0 bridgehead atoms. The second kappa shape index (κ2) is 13.5. The fourth-order valence-electron chi connectivity index (χ4n) is 4.40. The summed E-state index contributed by atoms with van der Waals surface area (Å²) in [5, 5.41) is 14.1. The van der Waals surface area contributed by atoms with Crippen molar-refractivity contribution in [3.63, 3.8) is 0 Å². The molecule has 35 heavy (non-hydrogen) atoms. The molecule has 1 atom stereocenters. The molecule has 3 N–H and O–H groups in total. The first-order chi connectivity index (χ1) is 17.0. The van der Waals surface area contributed by atoms with Crippen LogP contribution in [0.15, 0.2) is 48.5 Å². The van der Waals surface area contributed by atoms with Crippen LogP contribution in [-0.2, 0) is 19.1 Å². The summed E-state index contributed by atoms with van der Waals surface area (Å²) in [4.78, 5) is 35.6. The van der Waals surface area contributed by atoms with E-state index < -0.39 is 18.1 Å². The van der Waals surface area contributed by atoms with Gasteiger partial charge in [-0.15, -0.1) is 0 Å². The van der Waals surface area contributed by atoms with Gasteiger partial charge in [0.2, 0.25) is 5.91 Å². The average Bonchev–Trinajstić information content (AvgIpc) is 3.17. The van der Waals surface area contributed by atoms with E-state index in [-0.39, 0.29) is 31.5 Å². The maximum absolute atomic E-state index is 12.5. The number of ether oxygens (including phenoxy) is 2. The van der Waals surface area contributed by atoms with E-state index in [1.807, 2.05) is 24.3 Å². The minimum absolute atomic E-state index is 0.0330. The molecule has 188 valence electrons. The molecule has 3 rings (SSSR count). The van der Waals surface area contributed by atoms with Crippen LogP contribution in [0.1, 0.15) is 55.6 Å². The normalized spacial score (nSPS) is 12.9. The van der Waals surface area contributed by atoms with Crippen molar-refractivity contribution in [3.05, 3.63) is 59.7 Å². The summed E-state index contributed by atoms with van der Waals surface area (Å²) in [6.45, 7) is 0.679. The van der Waals surface area contributed by atoms with Crippen molar-refractivity contribution in [3.8, 4) is 11.1 Å². The topological polar surface area (TPSA) is 114 Å². The fraction of sp³-hybridized carbons (Fsp3) is 0.444. The van der Waals surface area contributed by atoms with E-state index in [1.54, 1.807) is 0 Å². The first-order valence-corrected chi connectivity index (χ1v) is 12.1. The second-order valence-corrected chi connectivity index (χ2v) is 8.68. The zero-order chi connectivity index (χ0) is 25.0. The monoisotopic (exact) mass is 482 g/mol. The molecule has 1 aliphatic carbocycles. The van der Waals surface area contributed by atoms with Crippen LogP contribution < -0.4 is 10.6 Å². The van der Waals surface area contributed by atoms with Crippen molar-refractivity contribution in [1.82, 2.24) is 10.6 Å². The maximum Gasteiger partial charge on any atom is 0.407 e. The van der Waals surface area contributed by atoms with E-state index in [1.165, 1.54) is 7.11 Å². The molecule has 0 spiro atoms. The smallest absolute Gasteiger partial charge is 0.407 e. The number of rotatable bonds is 14. The van der Waals surface area contributed by atoms with Gasteiger partial charge in [-0.1, -0.05) is 67.8 Å². The lowest BCUT2D eigenvalue weighted by molar-refractivity contribution is -0.137. The van der Waals surface area contributed by atoms with Crippen LogP contribution >= 0.6 is 0 Å². The highest BCUT2D eigenvalue weighted by Crippen LogP contribution is 2.44. The molecular formula is C27H34N2O6. The van der Waals surface area contributed by atoms with Gasteiger partial charge in [0.1, 0.15) is 12.6 Å². The summed E-state index contributed by atoms with van der Waals surface area (Å²) < 4.78 is 10.6. The van der Waals surface area contributed by atoms with Gasteiger partial charge in [-0.3, -0.25) is 9.59 Å². The van der Waals surface area contributed by atoms with Crippen molar-refractivity contribution < 1.29 is 29.0 Å². The number of nitrogens with one attached hydrogen (secondary N) is 2. The van der Waals surface area contributed by atoms with Gasteiger partial charge < -0.3 is 25.2 Å². The number of methoxy groups -OCH3 is 1. The van der Waals surface area contributed by atoms with Gasteiger partial charge in [0, 0.05) is 26.0 Å². The zero-order valence-electron chi connectivity index (χ0n) is 20.1. The van der Waals surface area contributed by atoms with Gasteiger partial charge in [-0.05, 0) is 35.1 Å². The predicted molar refractivity (Wildman–Crippen MR) is 132 cm³/mol. The molecule has 8 nitrogen and oxygen atoms in total. The number of aliphatic carboxylic acids is 1. The van der Waals surface area contributed by atoms with Gasteiger partial charge >= 0.3 is 12.1 Å². The number of fused-ring (bicyclic) bond motifs is 3. The van der Waals surface area contributed by atoms with Gasteiger partial charge in [0.05, 0.1) is 6.61 Å². The van der Waals surface area contributed by atoms with E-state index >= 15 is 0 Å². The molecule has 8 heteroatoms. The highest BCUT2D eigenvalue weighted by molar-refractivity contribution is 5.86. The summed E-state index contributed by atoms with van der Waals surface area (Å²) in [6.07, 6.45) is 3.65. The molecule has 0 unspecified atom stereocenters. The van der Waals surface area contributed by atoms with Crippen LogP contribution in [0.25, 0.3) is 11.1 Å². The Labute approximate surface area is 206 Å². The zero-order valence-corrected chi connectivity index (χ0v) is 20.1. The predicted octanol–water partition coefficient (Wildman–Crippen LogP) is 4.08. The summed E-state index contributed by atoms with van der Waals surface area (Å²) >= 11 is 0. The summed E-state index contributed by atoms with van der Waals surface area (Å²) in [6, 6.07) is 15.3. The number of carboxylic acids is 1. The number of hydrogen-bond acceptors (Lipinski definition) is 5. The largest absolute Gasteiger partial charge is 0.481 e. The van der Waals surface area contributed by atoms with Gasteiger partial charge in [-0.2, -0.15) is 0 Å². The third-order valence-corrected chi connectivity index (χ3v) is 6.15. The quantitative estimate of drug-likeness (QED) is 0.350. The molecule has 0 aliphatic heterocycles. The summed E-state index contributed by atoms with van der Waals surface area (Å²) in [5.41, 5.74) is 4.54. The number of benzene rings is 2. The van der Waals surface area contributed by atoms with Gasteiger partial charge in [-0.25, -0.2) is 4.79 Å².